The number of ether oxygens (including phenoxy) is 2. The first-order valence-electron chi connectivity index (χ1n) is 12.4. The minimum atomic E-state index is -0.431. The highest BCUT2D eigenvalue weighted by molar-refractivity contribution is 7.10. The Bertz CT molecular complexity index is 1240. The van der Waals surface area contributed by atoms with Gasteiger partial charge >= 0.3 is 0 Å². The Hall–Kier alpha value is -3.30. The predicted octanol–water partition coefficient (Wildman–Crippen LogP) is 4.85. The molecule has 0 bridgehead atoms. The van der Waals surface area contributed by atoms with Crippen molar-refractivity contribution < 1.29 is 27.8 Å². The van der Waals surface area contributed by atoms with E-state index in [-0.39, 0.29) is 43.7 Å². The Morgan fingerprint density at radius 2 is 1.95 bits per heavy atom. The summed E-state index contributed by atoms with van der Waals surface area (Å²) >= 11 is 1.64. The molecule has 6 nitrogen and oxygen atoms in total. The zero-order valence-electron chi connectivity index (χ0n) is 20.3. The van der Waals surface area contributed by atoms with Crippen molar-refractivity contribution in [2.45, 2.75) is 31.4 Å². The van der Waals surface area contributed by atoms with E-state index < -0.39 is 11.6 Å². The van der Waals surface area contributed by atoms with Crippen LogP contribution < -0.4 is 4.74 Å². The lowest BCUT2D eigenvalue weighted by Crippen LogP contribution is -2.49. The number of fused-ring (bicyclic) bond motifs is 1. The lowest BCUT2D eigenvalue weighted by atomic mass is 10.00. The molecule has 0 spiro atoms. The van der Waals surface area contributed by atoms with Crippen LogP contribution in [-0.4, -0.2) is 60.6 Å². The van der Waals surface area contributed by atoms with Crippen LogP contribution in [0.4, 0.5) is 8.78 Å². The van der Waals surface area contributed by atoms with Crippen LogP contribution in [0.3, 0.4) is 0 Å². The lowest BCUT2D eigenvalue weighted by molar-refractivity contribution is -0.135. The van der Waals surface area contributed by atoms with E-state index in [4.69, 9.17) is 9.47 Å². The molecule has 0 unspecified atom stereocenters. The van der Waals surface area contributed by atoms with Crippen LogP contribution in [0.1, 0.15) is 39.7 Å². The van der Waals surface area contributed by atoms with Gasteiger partial charge in [-0.25, -0.2) is 8.78 Å². The molecule has 2 aliphatic heterocycles. The number of hydrogen-bond acceptors (Lipinski definition) is 5. The molecule has 1 saturated heterocycles. The molecule has 0 radical (unpaired) electrons. The predicted molar refractivity (Wildman–Crippen MR) is 136 cm³/mol. The third kappa shape index (κ3) is 5.99. The molecule has 2 atom stereocenters. The van der Waals surface area contributed by atoms with E-state index in [2.05, 4.69) is 0 Å². The van der Waals surface area contributed by atoms with Gasteiger partial charge in [-0.05, 0) is 72.7 Å². The van der Waals surface area contributed by atoms with Gasteiger partial charge in [0.05, 0.1) is 12.1 Å². The Morgan fingerprint density at radius 3 is 2.70 bits per heavy atom. The van der Waals surface area contributed by atoms with Crippen LogP contribution in [0.5, 0.6) is 5.75 Å². The van der Waals surface area contributed by atoms with E-state index >= 15 is 0 Å². The molecular formula is C28H28F2N2O4S. The standard InChI is InChI=1S/C28H28F2N2O4S/c29-20-8-6-19(7-9-20)28(34)31(16-23-5-2-13-35-23)17-27(33)32-12-10-26-24(11-14-37-26)25(32)18-36-22-4-1-3-21(30)15-22/h1,3-4,6-9,11,14-15,23,25H,2,5,10,12-13,16-18H2/t23-,25-/m0/s1. The molecule has 1 aromatic heterocycles. The molecule has 0 N–H and O–H groups in total. The number of carbonyl (C=O) groups excluding carboxylic acids is 2. The van der Waals surface area contributed by atoms with Crippen molar-refractivity contribution in [1.29, 1.82) is 0 Å². The largest absolute Gasteiger partial charge is 0.491 e. The van der Waals surface area contributed by atoms with Crippen LogP contribution in [0.15, 0.2) is 60.0 Å². The highest BCUT2D eigenvalue weighted by Gasteiger charge is 2.34. The number of thiophene rings is 1. The summed E-state index contributed by atoms with van der Waals surface area (Å²) in [4.78, 5) is 31.5. The number of halogens is 2. The zero-order valence-corrected chi connectivity index (χ0v) is 21.1. The van der Waals surface area contributed by atoms with E-state index in [0.29, 0.717) is 30.9 Å². The van der Waals surface area contributed by atoms with Gasteiger partial charge in [-0.3, -0.25) is 9.59 Å². The fourth-order valence-corrected chi connectivity index (χ4v) is 5.82. The molecule has 2 amide bonds. The summed E-state index contributed by atoms with van der Waals surface area (Å²) in [6, 6.07) is 12.9. The minimum Gasteiger partial charge on any atom is -0.491 e. The third-order valence-electron chi connectivity index (χ3n) is 6.77. The lowest BCUT2D eigenvalue weighted by Gasteiger charge is -2.37. The smallest absolute Gasteiger partial charge is 0.254 e. The fourth-order valence-electron chi connectivity index (χ4n) is 4.89. The van der Waals surface area contributed by atoms with E-state index in [0.717, 1.165) is 18.4 Å². The van der Waals surface area contributed by atoms with E-state index in [1.165, 1.54) is 46.2 Å². The third-order valence-corrected chi connectivity index (χ3v) is 7.77. The summed E-state index contributed by atoms with van der Waals surface area (Å²) in [5.41, 5.74) is 1.33. The second-order valence-corrected chi connectivity index (χ2v) is 10.2. The fraction of sp³-hybridized carbons (Fsp3) is 0.357. The second kappa shape index (κ2) is 11.4. The van der Waals surface area contributed by atoms with Crippen LogP contribution >= 0.6 is 11.3 Å². The molecule has 37 heavy (non-hydrogen) atoms. The highest BCUT2D eigenvalue weighted by atomic mass is 32.1. The maximum Gasteiger partial charge on any atom is 0.254 e. The van der Waals surface area contributed by atoms with Crippen LogP contribution in [0.2, 0.25) is 0 Å². The maximum atomic E-state index is 13.7. The molecule has 2 aliphatic rings. The minimum absolute atomic E-state index is 0.133. The molecule has 194 valence electrons. The van der Waals surface area contributed by atoms with Gasteiger partial charge in [0.1, 0.15) is 30.5 Å². The monoisotopic (exact) mass is 526 g/mol. The Kier molecular flexibility index (Phi) is 7.81. The number of benzene rings is 2. The Morgan fingerprint density at radius 1 is 1.11 bits per heavy atom. The molecule has 3 aromatic rings. The van der Waals surface area contributed by atoms with Gasteiger partial charge in [-0.1, -0.05) is 6.07 Å². The number of rotatable bonds is 8. The maximum absolute atomic E-state index is 13.7. The average Bonchev–Trinajstić information content (AvgIpc) is 3.59. The summed E-state index contributed by atoms with van der Waals surface area (Å²) in [6.45, 7) is 1.43. The quantitative estimate of drug-likeness (QED) is 0.421. The summed E-state index contributed by atoms with van der Waals surface area (Å²) in [5.74, 6) is -0.988. The van der Waals surface area contributed by atoms with Gasteiger partial charge < -0.3 is 19.3 Å². The SMILES string of the molecule is O=C(c1ccc(F)cc1)N(CC(=O)N1CCc2sccc2[C@@H]1COc1cccc(F)c1)C[C@@H]1CCCO1. The summed E-state index contributed by atoms with van der Waals surface area (Å²) in [5, 5.41) is 2.00. The van der Waals surface area contributed by atoms with Crippen molar-refractivity contribution in [1.82, 2.24) is 9.80 Å². The van der Waals surface area contributed by atoms with Gasteiger partial charge in [-0.2, -0.15) is 0 Å². The molecule has 5 rings (SSSR count). The highest BCUT2D eigenvalue weighted by Crippen LogP contribution is 2.34. The number of hydrogen-bond donors (Lipinski definition) is 0. The number of amides is 2. The molecule has 9 heteroatoms. The summed E-state index contributed by atoms with van der Waals surface area (Å²) < 4.78 is 38.8. The van der Waals surface area contributed by atoms with Crippen molar-refractivity contribution in [3.05, 3.63) is 87.6 Å². The van der Waals surface area contributed by atoms with Crippen molar-refractivity contribution in [3.63, 3.8) is 0 Å². The number of carbonyl (C=O) groups is 2. The first-order chi connectivity index (χ1) is 18.0. The van der Waals surface area contributed by atoms with Crippen LogP contribution in [-0.2, 0) is 16.0 Å². The second-order valence-electron chi connectivity index (χ2n) is 9.25. The summed E-state index contributed by atoms with van der Waals surface area (Å²) in [7, 11) is 0. The molecule has 0 aliphatic carbocycles. The van der Waals surface area contributed by atoms with Gasteiger partial charge in [0, 0.05) is 36.2 Å². The van der Waals surface area contributed by atoms with Crippen molar-refractivity contribution >= 4 is 23.2 Å². The summed E-state index contributed by atoms with van der Waals surface area (Å²) in [6.07, 6.45) is 2.29. The van der Waals surface area contributed by atoms with Crippen LogP contribution in [0.25, 0.3) is 0 Å². The van der Waals surface area contributed by atoms with Crippen molar-refractivity contribution in [3.8, 4) is 5.75 Å². The van der Waals surface area contributed by atoms with E-state index in [1.807, 2.05) is 11.4 Å². The van der Waals surface area contributed by atoms with Crippen LogP contribution in [0, 0.1) is 11.6 Å². The van der Waals surface area contributed by atoms with E-state index in [1.54, 1.807) is 28.4 Å². The molecular weight excluding hydrogens is 498 g/mol. The van der Waals surface area contributed by atoms with Gasteiger partial charge in [0.25, 0.3) is 5.91 Å². The van der Waals surface area contributed by atoms with Crippen molar-refractivity contribution in [2.75, 3.05) is 32.8 Å². The molecule has 3 heterocycles. The van der Waals surface area contributed by atoms with E-state index in [9.17, 15) is 18.4 Å². The van der Waals surface area contributed by atoms with Gasteiger partial charge in [-0.15, -0.1) is 11.3 Å². The topological polar surface area (TPSA) is 59.1 Å². The Balaban J connectivity index is 1.35. The molecule has 2 aromatic carbocycles. The average molecular weight is 527 g/mol. The van der Waals surface area contributed by atoms with Gasteiger partial charge in [0.15, 0.2) is 0 Å². The number of nitrogens with zero attached hydrogens (tertiary/aromatic N) is 2. The van der Waals surface area contributed by atoms with Crippen molar-refractivity contribution in [2.24, 2.45) is 0 Å². The molecule has 1 fully saturated rings. The first kappa shape index (κ1) is 25.4. The zero-order chi connectivity index (χ0) is 25.8. The first-order valence-corrected chi connectivity index (χ1v) is 13.3. The van der Waals surface area contributed by atoms with Gasteiger partial charge in [0.2, 0.25) is 5.91 Å². The molecule has 0 saturated carbocycles. The normalized spacial score (nSPS) is 18.9. The Labute approximate surface area is 218 Å².